The fourth-order valence-corrected chi connectivity index (χ4v) is 10.0. The van der Waals surface area contributed by atoms with E-state index in [4.69, 9.17) is 9.97 Å². The van der Waals surface area contributed by atoms with Gasteiger partial charge in [-0.3, -0.25) is 0 Å². The van der Waals surface area contributed by atoms with Crippen LogP contribution in [-0.4, -0.2) is 14.5 Å². The summed E-state index contributed by atoms with van der Waals surface area (Å²) in [4.78, 5) is 10.7. The van der Waals surface area contributed by atoms with E-state index >= 15 is 0 Å². The summed E-state index contributed by atoms with van der Waals surface area (Å²) < 4.78 is 2.41. The Hall–Kier alpha value is -7.88. The molecular formula is C59H41N3. The number of hydrogen-bond acceptors (Lipinski definition) is 2. The number of para-hydroxylation sites is 3. The lowest BCUT2D eigenvalue weighted by molar-refractivity contribution is 0.661. The summed E-state index contributed by atoms with van der Waals surface area (Å²) in [5, 5.41) is 5.02. The predicted molar refractivity (Wildman–Crippen MR) is 259 cm³/mol. The summed E-state index contributed by atoms with van der Waals surface area (Å²) in [7, 11) is 0. The molecule has 62 heavy (non-hydrogen) atoms. The van der Waals surface area contributed by atoms with Crippen molar-refractivity contribution in [1.82, 2.24) is 14.5 Å². The number of fused-ring (bicyclic) bond motifs is 7. The molecule has 0 bridgehead atoms. The molecule has 0 atom stereocenters. The highest BCUT2D eigenvalue weighted by molar-refractivity contribution is 6.10. The fourth-order valence-electron chi connectivity index (χ4n) is 10.0. The van der Waals surface area contributed by atoms with E-state index in [0.29, 0.717) is 5.82 Å². The summed E-state index contributed by atoms with van der Waals surface area (Å²) in [6, 6.07) is 76.6. The minimum Gasteiger partial charge on any atom is -0.309 e. The number of rotatable bonds is 6. The molecule has 0 spiro atoms. The molecule has 3 nitrogen and oxygen atoms in total. The molecule has 0 radical (unpaired) electrons. The molecule has 2 aromatic heterocycles. The van der Waals surface area contributed by atoms with E-state index in [0.717, 1.165) is 50.5 Å². The van der Waals surface area contributed by atoms with Gasteiger partial charge < -0.3 is 4.57 Å². The molecule has 2 heterocycles. The van der Waals surface area contributed by atoms with E-state index in [1.54, 1.807) is 0 Å². The molecular weight excluding hydrogens is 751 g/mol. The molecule has 0 saturated carbocycles. The van der Waals surface area contributed by atoms with Gasteiger partial charge in [-0.1, -0.05) is 190 Å². The lowest BCUT2D eigenvalue weighted by Crippen LogP contribution is -2.14. The van der Waals surface area contributed by atoms with Gasteiger partial charge in [0.1, 0.15) is 0 Å². The van der Waals surface area contributed by atoms with E-state index in [1.807, 2.05) is 6.07 Å². The van der Waals surface area contributed by atoms with Crippen LogP contribution in [0.4, 0.5) is 0 Å². The minimum absolute atomic E-state index is 0.161. The molecule has 11 aromatic rings. The lowest BCUT2D eigenvalue weighted by atomic mass is 9.81. The standard InChI is InChI=1S/C59H41N3/c1-59(2)50-27-16-26-48(57(50)49-35-41-19-6-7-20-42(41)36-51(49)59)53-37-52(60-58(61-53)40-17-4-3-5-18-40)45-23-9-8-21-43(45)38-31-33-39(34-32-38)44-22-10-13-28-54(44)62-55-29-14-11-24-46(55)47-25-12-15-30-56(47)62/h3-37H,1-2H3. The molecule has 0 saturated heterocycles. The molecule has 9 aromatic carbocycles. The van der Waals surface area contributed by atoms with Crippen molar-refractivity contribution in [2.75, 3.05) is 0 Å². The maximum atomic E-state index is 5.36. The van der Waals surface area contributed by atoms with Gasteiger partial charge in [0.15, 0.2) is 5.82 Å². The molecule has 0 fully saturated rings. The predicted octanol–water partition coefficient (Wildman–Crippen LogP) is 15.4. The summed E-state index contributed by atoms with van der Waals surface area (Å²) in [6.07, 6.45) is 0. The average Bonchev–Trinajstić information content (AvgIpc) is 3.79. The van der Waals surface area contributed by atoms with Crippen LogP contribution in [0.5, 0.6) is 0 Å². The Morgan fingerprint density at radius 2 is 0.903 bits per heavy atom. The minimum atomic E-state index is -0.161. The van der Waals surface area contributed by atoms with Crippen LogP contribution >= 0.6 is 0 Å². The maximum absolute atomic E-state index is 5.36. The second kappa shape index (κ2) is 14.1. The quantitative estimate of drug-likeness (QED) is 0.168. The van der Waals surface area contributed by atoms with Gasteiger partial charge >= 0.3 is 0 Å². The summed E-state index contributed by atoms with van der Waals surface area (Å²) in [5.74, 6) is 0.707. The second-order valence-electron chi connectivity index (χ2n) is 16.9. The van der Waals surface area contributed by atoms with E-state index in [2.05, 4.69) is 225 Å². The van der Waals surface area contributed by atoms with Crippen LogP contribution in [0.2, 0.25) is 0 Å². The van der Waals surface area contributed by atoms with E-state index in [1.165, 1.54) is 60.4 Å². The Labute approximate surface area is 361 Å². The van der Waals surface area contributed by atoms with Gasteiger partial charge in [0.05, 0.1) is 28.1 Å². The van der Waals surface area contributed by atoms with Gasteiger partial charge in [-0.25, -0.2) is 9.97 Å². The smallest absolute Gasteiger partial charge is 0.160 e. The Balaban J connectivity index is 0.992. The third-order valence-corrected chi connectivity index (χ3v) is 13.0. The Morgan fingerprint density at radius 3 is 1.61 bits per heavy atom. The fraction of sp³-hybridized carbons (Fsp3) is 0.0508. The van der Waals surface area contributed by atoms with Crippen LogP contribution in [0.25, 0.3) is 106 Å². The number of aromatic nitrogens is 3. The van der Waals surface area contributed by atoms with Crippen LogP contribution in [0.1, 0.15) is 25.0 Å². The third kappa shape index (κ3) is 5.66. The molecule has 0 unspecified atom stereocenters. The van der Waals surface area contributed by atoms with Gasteiger partial charge in [0.25, 0.3) is 0 Å². The third-order valence-electron chi connectivity index (χ3n) is 13.0. The van der Waals surface area contributed by atoms with Crippen molar-refractivity contribution >= 4 is 32.6 Å². The maximum Gasteiger partial charge on any atom is 0.160 e. The zero-order valence-electron chi connectivity index (χ0n) is 34.5. The first kappa shape index (κ1) is 36.0. The highest BCUT2D eigenvalue weighted by Gasteiger charge is 2.37. The van der Waals surface area contributed by atoms with Gasteiger partial charge in [-0.2, -0.15) is 0 Å². The molecule has 3 heteroatoms. The monoisotopic (exact) mass is 791 g/mol. The van der Waals surface area contributed by atoms with Crippen molar-refractivity contribution < 1.29 is 0 Å². The Bertz CT molecular complexity index is 3490. The summed E-state index contributed by atoms with van der Waals surface area (Å²) in [6.45, 7) is 4.70. The molecule has 1 aliphatic rings. The molecule has 0 aliphatic heterocycles. The van der Waals surface area contributed by atoms with Gasteiger partial charge in [0, 0.05) is 38.4 Å². The number of hydrogen-bond donors (Lipinski definition) is 0. The topological polar surface area (TPSA) is 30.7 Å². The van der Waals surface area contributed by atoms with E-state index < -0.39 is 0 Å². The molecule has 1 aliphatic carbocycles. The number of benzene rings is 9. The van der Waals surface area contributed by atoms with Crippen molar-refractivity contribution in [1.29, 1.82) is 0 Å². The first-order chi connectivity index (χ1) is 30.5. The molecule has 0 N–H and O–H groups in total. The van der Waals surface area contributed by atoms with Crippen molar-refractivity contribution in [3.63, 3.8) is 0 Å². The highest BCUT2D eigenvalue weighted by Crippen LogP contribution is 2.53. The van der Waals surface area contributed by atoms with Crippen LogP contribution in [-0.2, 0) is 5.41 Å². The van der Waals surface area contributed by atoms with Gasteiger partial charge in [0.2, 0.25) is 0 Å². The molecule has 0 amide bonds. The first-order valence-corrected chi connectivity index (χ1v) is 21.4. The van der Waals surface area contributed by atoms with Crippen LogP contribution in [0, 0.1) is 0 Å². The molecule has 12 rings (SSSR count). The highest BCUT2D eigenvalue weighted by atomic mass is 15.0. The van der Waals surface area contributed by atoms with Crippen LogP contribution < -0.4 is 0 Å². The van der Waals surface area contributed by atoms with E-state index in [9.17, 15) is 0 Å². The van der Waals surface area contributed by atoms with Crippen molar-refractivity contribution in [2.24, 2.45) is 0 Å². The zero-order valence-corrected chi connectivity index (χ0v) is 34.5. The van der Waals surface area contributed by atoms with Crippen molar-refractivity contribution in [3.05, 3.63) is 223 Å². The number of nitrogens with zero attached hydrogens (tertiary/aromatic N) is 3. The van der Waals surface area contributed by atoms with Crippen molar-refractivity contribution in [3.8, 4) is 73.0 Å². The zero-order chi connectivity index (χ0) is 41.4. The second-order valence-corrected chi connectivity index (χ2v) is 16.9. The normalized spacial score (nSPS) is 12.8. The van der Waals surface area contributed by atoms with Crippen LogP contribution in [0.3, 0.4) is 0 Å². The Kier molecular flexibility index (Phi) is 8.20. The summed E-state index contributed by atoms with van der Waals surface area (Å²) >= 11 is 0. The largest absolute Gasteiger partial charge is 0.309 e. The van der Waals surface area contributed by atoms with Gasteiger partial charge in [-0.05, 0) is 86.1 Å². The summed E-state index contributed by atoms with van der Waals surface area (Å²) in [5.41, 5.74) is 18.2. The SMILES string of the molecule is CC1(C)c2cc3ccccc3cc2-c2c(-c3cc(-c4ccccc4-c4ccc(-c5ccccc5-n5c6ccccc6c6ccccc65)cc4)nc(-c4ccccc4)n3)cccc21. The molecule has 292 valence electrons. The Morgan fingerprint density at radius 1 is 0.371 bits per heavy atom. The lowest BCUT2D eigenvalue weighted by Gasteiger charge is -2.22. The van der Waals surface area contributed by atoms with Crippen LogP contribution in [0.15, 0.2) is 212 Å². The first-order valence-electron chi connectivity index (χ1n) is 21.4. The van der Waals surface area contributed by atoms with Gasteiger partial charge in [-0.15, -0.1) is 0 Å². The average molecular weight is 792 g/mol. The van der Waals surface area contributed by atoms with Crippen molar-refractivity contribution in [2.45, 2.75) is 19.3 Å². The van der Waals surface area contributed by atoms with E-state index in [-0.39, 0.29) is 5.41 Å².